The van der Waals surface area contributed by atoms with E-state index in [2.05, 4.69) is 11.9 Å². The van der Waals surface area contributed by atoms with Crippen LogP contribution in [0.3, 0.4) is 0 Å². The first kappa shape index (κ1) is 17.0. The van der Waals surface area contributed by atoms with Crippen molar-refractivity contribution < 1.29 is 14.4 Å². The fourth-order valence-electron chi connectivity index (χ4n) is 3.49. The van der Waals surface area contributed by atoms with Crippen molar-refractivity contribution >= 4 is 34.8 Å². The molecule has 6 heteroatoms. The summed E-state index contributed by atoms with van der Waals surface area (Å²) in [5.74, 6) is -0.395. The van der Waals surface area contributed by atoms with Crippen LogP contribution in [-0.4, -0.2) is 35.7 Å². The molecule has 0 radical (unpaired) electrons. The molecular formula is C21H19N3O3. The zero-order valence-electron chi connectivity index (χ0n) is 14.8. The van der Waals surface area contributed by atoms with Gasteiger partial charge in [0.25, 0.3) is 5.91 Å². The highest BCUT2D eigenvalue weighted by Gasteiger charge is 2.31. The molecule has 2 aliphatic heterocycles. The van der Waals surface area contributed by atoms with E-state index in [1.807, 2.05) is 24.3 Å². The lowest BCUT2D eigenvalue weighted by Gasteiger charge is -2.18. The van der Waals surface area contributed by atoms with E-state index < -0.39 is 0 Å². The van der Waals surface area contributed by atoms with Crippen LogP contribution in [0.5, 0.6) is 0 Å². The largest absolute Gasteiger partial charge is 0.325 e. The molecule has 2 aromatic rings. The van der Waals surface area contributed by atoms with Crippen LogP contribution in [0.15, 0.2) is 55.1 Å². The Morgan fingerprint density at radius 3 is 2.37 bits per heavy atom. The van der Waals surface area contributed by atoms with Gasteiger partial charge in [0.15, 0.2) is 0 Å². The molecule has 136 valence electrons. The second-order valence-corrected chi connectivity index (χ2v) is 6.63. The Balaban J connectivity index is 1.41. The summed E-state index contributed by atoms with van der Waals surface area (Å²) in [5, 5.41) is 2.79. The normalized spacial score (nSPS) is 16.1. The molecule has 4 rings (SSSR count). The van der Waals surface area contributed by atoms with Crippen LogP contribution in [0.2, 0.25) is 0 Å². The number of hydrogen-bond acceptors (Lipinski definition) is 3. The zero-order valence-corrected chi connectivity index (χ0v) is 14.8. The molecule has 0 saturated carbocycles. The van der Waals surface area contributed by atoms with Crippen molar-refractivity contribution in [2.45, 2.75) is 12.8 Å². The van der Waals surface area contributed by atoms with Crippen LogP contribution >= 0.6 is 0 Å². The Hall–Kier alpha value is -3.41. The fraction of sp³-hybridized carbons (Fsp3) is 0.190. The Kier molecular flexibility index (Phi) is 4.24. The van der Waals surface area contributed by atoms with Gasteiger partial charge in [0, 0.05) is 41.2 Å². The third-order valence-electron chi connectivity index (χ3n) is 4.88. The van der Waals surface area contributed by atoms with E-state index in [-0.39, 0.29) is 24.3 Å². The summed E-state index contributed by atoms with van der Waals surface area (Å²) in [6.45, 7) is 4.57. The average Bonchev–Trinajstić information content (AvgIpc) is 3.20. The summed E-state index contributed by atoms with van der Waals surface area (Å²) < 4.78 is 0. The van der Waals surface area contributed by atoms with Crippen LogP contribution in [-0.2, 0) is 9.59 Å². The SMILES string of the molecule is C=C1c2ccccc2C(=O)N1CC(=O)Nc1ccc(N2CCCC2=O)cc1. The molecule has 0 aromatic heterocycles. The first-order valence-corrected chi connectivity index (χ1v) is 8.85. The van der Waals surface area contributed by atoms with E-state index in [4.69, 9.17) is 0 Å². The van der Waals surface area contributed by atoms with Crippen molar-refractivity contribution in [2.75, 3.05) is 23.3 Å². The van der Waals surface area contributed by atoms with E-state index in [1.54, 1.807) is 29.2 Å². The first-order chi connectivity index (χ1) is 13.0. The maximum atomic E-state index is 12.5. The molecular weight excluding hydrogens is 342 g/mol. The van der Waals surface area contributed by atoms with Crippen LogP contribution in [0.4, 0.5) is 11.4 Å². The number of carbonyl (C=O) groups excluding carboxylic acids is 3. The number of rotatable bonds is 4. The minimum absolute atomic E-state index is 0.0985. The van der Waals surface area contributed by atoms with Gasteiger partial charge < -0.3 is 10.2 Å². The van der Waals surface area contributed by atoms with Gasteiger partial charge in [-0.1, -0.05) is 24.8 Å². The molecule has 2 heterocycles. The van der Waals surface area contributed by atoms with Gasteiger partial charge >= 0.3 is 0 Å². The summed E-state index contributed by atoms with van der Waals surface area (Å²) in [6, 6.07) is 14.3. The van der Waals surface area contributed by atoms with Crippen molar-refractivity contribution in [1.29, 1.82) is 0 Å². The second-order valence-electron chi connectivity index (χ2n) is 6.63. The smallest absolute Gasteiger partial charge is 0.259 e. The minimum atomic E-state index is -0.303. The summed E-state index contributed by atoms with van der Waals surface area (Å²) in [7, 11) is 0. The first-order valence-electron chi connectivity index (χ1n) is 8.85. The number of benzene rings is 2. The number of amides is 3. The molecule has 3 amide bonds. The standard InChI is InChI=1S/C21H19N3O3/c1-14-17-5-2-3-6-18(17)21(27)24(14)13-19(25)22-15-8-10-16(11-9-15)23-12-4-7-20(23)26/h2-3,5-6,8-11H,1,4,7,12-13H2,(H,22,25). The molecule has 0 bridgehead atoms. The van der Waals surface area contributed by atoms with Gasteiger partial charge in [-0.25, -0.2) is 0 Å². The molecule has 1 saturated heterocycles. The number of hydrogen-bond donors (Lipinski definition) is 1. The van der Waals surface area contributed by atoms with Gasteiger partial charge in [-0.3, -0.25) is 19.3 Å². The topological polar surface area (TPSA) is 69.7 Å². The van der Waals surface area contributed by atoms with Crippen LogP contribution in [0.25, 0.3) is 5.70 Å². The van der Waals surface area contributed by atoms with Gasteiger partial charge in [-0.05, 0) is 36.8 Å². The van der Waals surface area contributed by atoms with Gasteiger partial charge in [-0.2, -0.15) is 0 Å². The molecule has 0 spiro atoms. The summed E-state index contributed by atoms with van der Waals surface area (Å²) in [4.78, 5) is 39.8. The maximum absolute atomic E-state index is 12.5. The molecule has 0 atom stereocenters. The van der Waals surface area contributed by atoms with Crippen molar-refractivity contribution in [3.63, 3.8) is 0 Å². The molecule has 1 N–H and O–H groups in total. The van der Waals surface area contributed by atoms with Crippen LogP contribution in [0, 0.1) is 0 Å². The van der Waals surface area contributed by atoms with Gasteiger partial charge in [0.2, 0.25) is 11.8 Å². The Morgan fingerprint density at radius 1 is 1.04 bits per heavy atom. The summed E-state index contributed by atoms with van der Waals surface area (Å²) in [5.41, 5.74) is 3.30. The van der Waals surface area contributed by atoms with Crippen LogP contribution in [0.1, 0.15) is 28.8 Å². The van der Waals surface area contributed by atoms with Crippen molar-refractivity contribution in [1.82, 2.24) is 4.90 Å². The number of carbonyl (C=O) groups is 3. The molecule has 27 heavy (non-hydrogen) atoms. The highest BCUT2D eigenvalue weighted by atomic mass is 16.2. The number of fused-ring (bicyclic) bond motifs is 1. The highest BCUT2D eigenvalue weighted by molar-refractivity contribution is 6.11. The quantitative estimate of drug-likeness (QED) is 0.910. The lowest BCUT2D eigenvalue weighted by Crippen LogP contribution is -2.32. The number of anilines is 2. The van der Waals surface area contributed by atoms with Crippen molar-refractivity contribution in [3.05, 3.63) is 66.2 Å². The lowest BCUT2D eigenvalue weighted by atomic mass is 10.1. The lowest BCUT2D eigenvalue weighted by molar-refractivity contribution is -0.117. The van der Waals surface area contributed by atoms with Crippen LogP contribution < -0.4 is 10.2 Å². The molecule has 0 aliphatic carbocycles. The van der Waals surface area contributed by atoms with Crippen molar-refractivity contribution in [3.8, 4) is 0 Å². The van der Waals surface area contributed by atoms with E-state index >= 15 is 0 Å². The third kappa shape index (κ3) is 3.10. The average molecular weight is 361 g/mol. The van der Waals surface area contributed by atoms with Gasteiger partial charge in [-0.15, -0.1) is 0 Å². The monoisotopic (exact) mass is 361 g/mol. The molecule has 2 aromatic carbocycles. The maximum Gasteiger partial charge on any atom is 0.259 e. The van der Waals surface area contributed by atoms with E-state index in [9.17, 15) is 14.4 Å². The Morgan fingerprint density at radius 2 is 1.74 bits per heavy atom. The third-order valence-corrected chi connectivity index (χ3v) is 4.88. The molecule has 1 fully saturated rings. The number of nitrogens with one attached hydrogen (secondary N) is 1. The molecule has 6 nitrogen and oxygen atoms in total. The van der Waals surface area contributed by atoms with E-state index in [0.717, 1.165) is 24.2 Å². The molecule has 2 aliphatic rings. The Labute approximate surface area is 157 Å². The second kappa shape index (κ2) is 6.72. The predicted octanol–water partition coefficient (Wildman–Crippen LogP) is 2.88. The summed E-state index contributed by atoms with van der Waals surface area (Å²) >= 11 is 0. The zero-order chi connectivity index (χ0) is 19.0. The minimum Gasteiger partial charge on any atom is -0.325 e. The van der Waals surface area contributed by atoms with Gasteiger partial charge in [0.1, 0.15) is 6.54 Å². The van der Waals surface area contributed by atoms with Crippen molar-refractivity contribution in [2.24, 2.45) is 0 Å². The fourth-order valence-corrected chi connectivity index (χ4v) is 3.49. The molecule has 0 unspecified atom stereocenters. The van der Waals surface area contributed by atoms with E-state index in [0.29, 0.717) is 23.4 Å². The van der Waals surface area contributed by atoms with Gasteiger partial charge in [0.05, 0.1) is 0 Å². The summed E-state index contributed by atoms with van der Waals surface area (Å²) in [6.07, 6.45) is 1.45. The predicted molar refractivity (Wildman–Crippen MR) is 103 cm³/mol. The number of nitrogens with zero attached hydrogens (tertiary/aromatic N) is 2. The van der Waals surface area contributed by atoms with E-state index in [1.165, 1.54) is 4.90 Å². The Bertz CT molecular complexity index is 914. The highest BCUT2D eigenvalue weighted by Crippen LogP contribution is 2.31.